The number of carbonyl (C=O) groups excluding carboxylic acids is 2. The highest BCUT2D eigenvalue weighted by molar-refractivity contribution is 5.94. The van der Waals surface area contributed by atoms with Gasteiger partial charge in [-0.05, 0) is 30.7 Å². The normalized spacial score (nSPS) is 12.8. The number of terminal acetylenes is 1. The smallest absolute Gasteiger partial charge is 0.253 e. The van der Waals surface area contributed by atoms with Gasteiger partial charge in [0.25, 0.3) is 5.91 Å². The van der Waals surface area contributed by atoms with Crippen molar-refractivity contribution in [2.45, 2.75) is 18.9 Å². The molecule has 2 atom stereocenters. The number of hydrogen-bond acceptors (Lipinski definition) is 5. The molecule has 0 aliphatic carbocycles. The fourth-order valence-electron chi connectivity index (χ4n) is 2.20. The fraction of sp³-hybridized carbons (Fsp3) is 0.375. The SMILES string of the molecule is C#CC[C@@H](C[C@@H](CO)N(C)C(=O)c1ccc(N)cc1)C(=O)NO. The molecular weight excluding hydrogens is 298 g/mol. The monoisotopic (exact) mass is 319 g/mol. The van der Waals surface area contributed by atoms with E-state index in [0.29, 0.717) is 11.3 Å². The third kappa shape index (κ3) is 4.98. The van der Waals surface area contributed by atoms with E-state index >= 15 is 0 Å². The van der Waals surface area contributed by atoms with Gasteiger partial charge in [-0.3, -0.25) is 14.8 Å². The zero-order chi connectivity index (χ0) is 17.4. The van der Waals surface area contributed by atoms with E-state index in [9.17, 15) is 14.7 Å². The second-order valence-electron chi connectivity index (χ2n) is 5.19. The Bertz CT molecular complexity index is 580. The van der Waals surface area contributed by atoms with Gasteiger partial charge in [0.15, 0.2) is 0 Å². The molecule has 2 amide bonds. The van der Waals surface area contributed by atoms with E-state index in [1.54, 1.807) is 29.7 Å². The van der Waals surface area contributed by atoms with Crippen LogP contribution in [0.15, 0.2) is 24.3 Å². The van der Waals surface area contributed by atoms with Crippen LogP contribution < -0.4 is 11.2 Å². The minimum absolute atomic E-state index is 0.0901. The summed E-state index contributed by atoms with van der Waals surface area (Å²) in [6.07, 6.45) is 5.43. The molecular formula is C16H21N3O4. The Morgan fingerprint density at radius 2 is 2.00 bits per heavy atom. The predicted molar refractivity (Wildman–Crippen MR) is 85.3 cm³/mol. The molecule has 0 heterocycles. The highest BCUT2D eigenvalue weighted by atomic mass is 16.5. The number of hydroxylamine groups is 1. The molecule has 0 aliphatic heterocycles. The van der Waals surface area contributed by atoms with Crippen LogP contribution in [0.4, 0.5) is 5.69 Å². The summed E-state index contributed by atoms with van der Waals surface area (Å²) in [4.78, 5) is 25.4. The average Bonchev–Trinajstić information content (AvgIpc) is 2.57. The third-order valence-electron chi connectivity index (χ3n) is 3.64. The van der Waals surface area contributed by atoms with E-state index in [-0.39, 0.29) is 25.4 Å². The summed E-state index contributed by atoms with van der Waals surface area (Å²) >= 11 is 0. The largest absolute Gasteiger partial charge is 0.399 e. The zero-order valence-corrected chi connectivity index (χ0v) is 12.9. The number of anilines is 1. The molecule has 1 rings (SSSR count). The second-order valence-corrected chi connectivity index (χ2v) is 5.19. The molecule has 5 N–H and O–H groups in total. The standard InChI is InChI=1S/C16H21N3O4/c1-3-4-12(15(21)18-23)9-14(10-20)19(2)16(22)11-5-7-13(17)8-6-11/h1,5-8,12,14,20,23H,4,9-10,17H2,2H3,(H,18,21)/t12-,14-/m0/s1. The second kappa shape index (κ2) is 8.78. The summed E-state index contributed by atoms with van der Waals surface area (Å²) in [6, 6.07) is 5.77. The molecule has 0 aromatic heterocycles. The number of rotatable bonds is 7. The van der Waals surface area contributed by atoms with E-state index in [1.165, 1.54) is 11.9 Å². The van der Waals surface area contributed by atoms with Crippen LogP contribution in [-0.2, 0) is 4.79 Å². The first-order chi connectivity index (χ1) is 10.9. The van der Waals surface area contributed by atoms with Crippen molar-refractivity contribution in [2.75, 3.05) is 19.4 Å². The van der Waals surface area contributed by atoms with Crippen molar-refractivity contribution >= 4 is 17.5 Å². The number of aliphatic hydroxyl groups excluding tert-OH is 1. The van der Waals surface area contributed by atoms with Crippen molar-refractivity contribution in [3.63, 3.8) is 0 Å². The molecule has 0 unspecified atom stereocenters. The zero-order valence-electron chi connectivity index (χ0n) is 12.9. The maximum Gasteiger partial charge on any atom is 0.253 e. The molecule has 0 fully saturated rings. The van der Waals surface area contributed by atoms with Gasteiger partial charge in [0.1, 0.15) is 0 Å². The summed E-state index contributed by atoms with van der Waals surface area (Å²) in [5.74, 6) is 0.687. The van der Waals surface area contributed by atoms with Crippen LogP contribution in [0.2, 0.25) is 0 Å². The Kier molecular flexibility index (Phi) is 7.06. The summed E-state index contributed by atoms with van der Waals surface area (Å²) in [7, 11) is 1.53. The van der Waals surface area contributed by atoms with Crippen LogP contribution in [0.3, 0.4) is 0 Å². The van der Waals surface area contributed by atoms with Crippen molar-refractivity contribution in [3.05, 3.63) is 29.8 Å². The van der Waals surface area contributed by atoms with Crippen molar-refractivity contribution < 1.29 is 19.9 Å². The van der Waals surface area contributed by atoms with Crippen LogP contribution in [0.1, 0.15) is 23.2 Å². The van der Waals surface area contributed by atoms with Crippen LogP contribution in [0.25, 0.3) is 0 Å². The summed E-state index contributed by atoms with van der Waals surface area (Å²) < 4.78 is 0. The van der Waals surface area contributed by atoms with Gasteiger partial charge in [0.2, 0.25) is 5.91 Å². The molecule has 1 aromatic rings. The molecule has 0 aliphatic rings. The maximum absolute atomic E-state index is 12.4. The average molecular weight is 319 g/mol. The Labute approximate surface area is 135 Å². The number of hydrogen-bond donors (Lipinski definition) is 4. The number of benzene rings is 1. The van der Waals surface area contributed by atoms with Crippen molar-refractivity contribution in [1.29, 1.82) is 0 Å². The van der Waals surface area contributed by atoms with Gasteiger partial charge in [-0.15, -0.1) is 12.3 Å². The number of likely N-dealkylation sites (N-methyl/N-ethyl adjacent to an activating group) is 1. The predicted octanol–water partition coefficient (Wildman–Crippen LogP) is 0.237. The van der Waals surface area contributed by atoms with E-state index in [0.717, 1.165) is 0 Å². The molecule has 1 aromatic carbocycles. The van der Waals surface area contributed by atoms with Crippen LogP contribution in [-0.4, -0.2) is 46.7 Å². The first-order valence-electron chi connectivity index (χ1n) is 7.05. The first-order valence-corrected chi connectivity index (χ1v) is 7.05. The lowest BCUT2D eigenvalue weighted by Gasteiger charge is -2.29. The van der Waals surface area contributed by atoms with E-state index < -0.39 is 17.9 Å². The highest BCUT2D eigenvalue weighted by Crippen LogP contribution is 2.17. The lowest BCUT2D eigenvalue weighted by molar-refractivity contribution is -0.134. The van der Waals surface area contributed by atoms with Crippen molar-refractivity contribution in [2.24, 2.45) is 5.92 Å². The maximum atomic E-state index is 12.4. The van der Waals surface area contributed by atoms with Crippen LogP contribution >= 0.6 is 0 Å². The summed E-state index contributed by atoms with van der Waals surface area (Å²) in [6.45, 7) is -0.336. The van der Waals surface area contributed by atoms with Gasteiger partial charge in [-0.1, -0.05) is 0 Å². The Morgan fingerprint density at radius 1 is 1.39 bits per heavy atom. The van der Waals surface area contributed by atoms with E-state index in [4.69, 9.17) is 17.4 Å². The van der Waals surface area contributed by atoms with Crippen LogP contribution in [0.5, 0.6) is 0 Å². The van der Waals surface area contributed by atoms with E-state index in [1.807, 2.05) is 0 Å². The van der Waals surface area contributed by atoms with Gasteiger partial charge in [-0.25, -0.2) is 5.48 Å². The van der Waals surface area contributed by atoms with Gasteiger partial charge in [0.05, 0.1) is 18.6 Å². The first kappa shape index (κ1) is 18.5. The summed E-state index contributed by atoms with van der Waals surface area (Å²) in [5, 5.41) is 18.3. The molecule has 0 spiro atoms. The molecule has 23 heavy (non-hydrogen) atoms. The van der Waals surface area contributed by atoms with E-state index in [2.05, 4.69) is 5.92 Å². The number of nitrogen functional groups attached to an aromatic ring is 1. The van der Waals surface area contributed by atoms with Gasteiger partial charge in [-0.2, -0.15) is 0 Å². The number of carbonyl (C=O) groups is 2. The fourth-order valence-corrected chi connectivity index (χ4v) is 2.20. The van der Waals surface area contributed by atoms with Crippen molar-refractivity contribution in [3.8, 4) is 12.3 Å². The number of nitrogens with one attached hydrogen (secondary N) is 1. The molecule has 7 heteroatoms. The minimum Gasteiger partial charge on any atom is -0.399 e. The minimum atomic E-state index is -0.705. The quantitative estimate of drug-likeness (QED) is 0.249. The molecule has 7 nitrogen and oxygen atoms in total. The molecule has 0 saturated heterocycles. The van der Waals surface area contributed by atoms with Crippen LogP contribution in [0, 0.1) is 18.3 Å². The third-order valence-corrected chi connectivity index (χ3v) is 3.64. The number of nitrogens with zero attached hydrogens (tertiary/aromatic N) is 1. The lowest BCUT2D eigenvalue weighted by Crippen LogP contribution is -2.42. The molecule has 0 saturated carbocycles. The highest BCUT2D eigenvalue weighted by Gasteiger charge is 2.27. The number of amides is 2. The molecule has 0 radical (unpaired) electrons. The Morgan fingerprint density at radius 3 is 2.48 bits per heavy atom. The molecule has 0 bridgehead atoms. The Hall–Kier alpha value is -2.56. The number of aliphatic hydroxyl groups is 1. The van der Waals surface area contributed by atoms with Crippen molar-refractivity contribution in [1.82, 2.24) is 10.4 Å². The van der Waals surface area contributed by atoms with Gasteiger partial charge >= 0.3 is 0 Å². The molecule has 124 valence electrons. The topological polar surface area (TPSA) is 116 Å². The number of nitrogens with two attached hydrogens (primary N) is 1. The lowest BCUT2D eigenvalue weighted by atomic mass is 9.95. The summed E-state index contributed by atoms with van der Waals surface area (Å²) in [5.41, 5.74) is 8.09. The Balaban J connectivity index is 2.86. The van der Waals surface area contributed by atoms with Gasteiger partial charge in [0, 0.05) is 24.7 Å². The van der Waals surface area contributed by atoms with Gasteiger partial charge < -0.3 is 15.7 Å².